The molecule has 0 bridgehead atoms. The molecule has 0 saturated carbocycles. The van der Waals surface area contributed by atoms with Gasteiger partial charge in [-0.3, -0.25) is 4.79 Å². The van der Waals surface area contributed by atoms with Crippen LogP contribution in [0.25, 0.3) is 5.95 Å². The number of halogens is 3. The highest BCUT2D eigenvalue weighted by Crippen LogP contribution is 2.26. The maximum atomic E-state index is 12.5. The molecule has 0 aliphatic heterocycles. The summed E-state index contributed by atoms with van der Waals surface area (Å²) in [7, 11) is 0. The van der Waals surface area contributed by atoms with E-state index in [1.807, 2.05) is 20.8 Å². The van der Waals surface area contributed by atoms with Gasteiger partial charge in [0.1, 0.15) is 5.75 Å². The van der Waals surface area contributed by atoms with E-state index < -0.39 is 18.0 Å². The second-order valence-electron chi connectivity index (χ2n) is 5.98. The van der Waals surface area contributed by atoms with Gasteiger partial charge in [-0.25, -0.2) is 14.6 Å². The number of carbonyl (C=O) groups excluding carboxylic acids is 1. The standard InChI is InChI=1S/C18H16F3N5O2/c1-10-11(2)25-26(12(10)3)17-22-8-13(9-23-17)24-16(27)14-6-4-5-7-15(14)28-18(19,20)21/h4-9H,1-3H3,(H,24,27). The number of amides is 1. The van der Waals surface area contributed by atoms with Crippen molar-refractivity contribution in [3.63, 3.8) is 0 Å². The summed E-state index contributed by atoms with van der Waals surface area (Å²) in [4.78, 5) is 20.7. The molecule has 0 saturated heterocycles. The van der Waals surface area contributed by atoms with Crippen LogP contribution in [-0.2, 0) is 0 Å². The number of carbonyl (C=O) groups is 1. The number of anilines is 1. The van der Waals surface area contributed by atoms with Crippen LogP contribution in [-0.4, -0.2) is 32.0 Å². The summed E-state index contributed by atoms with van der Waals surface area (Å²) in [5.74, 6) is -1.06. The third kappa shape index (κ3) is 4.11. The topological polar surface area (TPSA) is 81.9 Å². The minimum atomic E-state index is -4.90. The monoisotopic (exact) mass is 391 g/mol. The number of para-hydroxylation sites is 1. The van der Waals surface area contributed by atoms with Crippen LogP contribution in [0.3, 0.4) is 0 Å². The molecule has 0 radical (unpaired) electrons. The number of nitrogens with one attached hydrogen (secondary N) is 1. The van der Waals surface area contributed by atoms with E-state index >= 15 is 0 Å². The summed E-state index contributed by atoms with van der Waals surface area (Å²) in [5.41, 5.74) is 2.70. The quantitative estimate of drug-likeness (QED) is 0.733. The number of hydrogen-bond acceptors (Lipinski definition) is 5. The summed E-state index contributed by atoms with van der Waals surface area (Å²) in [6.45, 7) is 5.68. The van der Waals surface area contributed by atoms with E-state index in [2.05, 4.69) is 25.1 Å². The highest BCUT2D eigenvalue weighted by Gasteiger charge is 2.32. The van der Waals surface area contributed by atoms with E-state index in [1.165, 1.54) is 30.6 Å². The number of rotatable bonds is 4. The summed E-state index contributed by atoms with van der Waals surface area (Å²) in [5, 5.41) is 6.80. The number of aryl methyl sites for hydroxylation is 1. The molecule has 28 heavy (non-hydrogen) atoms. The van der Waals surface area contributed by atoms with Gasteiger partial charge in [0, 0.05) is 5.69 Å². The molecule has 0 aliphatic carbocycles. The van der Waals surface area contributed by atoms with Crippen molar-refractivity contribution in [2.24, 2.45) is 0 Å². The predicted molar refractivity (Wildman–Crippen MR) is 94.4 cm³/mol. The fourth-order valence-electron chi connectivity index (χ4n) is 2.48. The van der Waals surface area contributed by atoms with Gasteiger partial charge in [0.25, 0.3) is 11.9 Å². The van der Waals surface area contributed by atoms with Crippen LogP contribution >= 0.6 is 0 Å². The number of alkyl halides is 3. The minimum Gasteiger partial charge on any atom is -0.405 e. The third-order valence-corrected chi connectivity index (χ3v) is 4.10. The Kier molecular flexibility index (Phi) is 5.04. The average Bonchev–Trinajstić information content (AvgIpc) is 2.89. The average molecular weight is 391 g/mol. The minimum absolute atomic E-state index is 0.216. The zero-order chi connectivity index (χ0) is 20.5. The maximum Gasteiger partial charge on any atom is 0.573 e. The summed E-state index contributed by atoms with van der Waals surface area (Å²) < 4.78 is 43.0. The molecule has 2 heterocycles. The lowest BCUT2D eigenvalue weighted by Crippen LogP contribution is -2.21. The highest BCUT2D eigenvalue weighted by atomic mass is 19.4. The summed E-state index contributed by atoms with van der Waals surface area (Å²) >= 11 is 0. The lowest BCUT2D eigenvalue weighted by atomic mass is 10.2. The molecule has 146 valence electrons. The van der Waals surface area contributed by atoms with Gasteiger partial charge in [0.05, 0.1) is 29.3 Å². The molecule has 0 aliphatic rings. The molecule has 10 heteroatoms. The van der Waals surface area contributed by atoms with Crippen molar-refractivity contribution >= 4 is 11.6 Å². The van der Waals surface area contributed by atoms with Gasteiger partial charge in [-0.2, -0.15) is 5.10 Å². The second-order valence-corrected chi connectivity index (χ2v) is 5.98. The molecule has 0 atom stereocenters. The fourth-order valence-corrected chi connectivity index (χ4v) is 2.48. The molecular weight excluding hydrogens is 375 g/mol. The molecule has 1 aromatic carbocycles. The van der Waals surface area contributed by atoms with Crippen LogP contribution in [0.2, 0.25) is 0 Å². The first-order valence-electron chi connectivity index (χ1n) is 8.17. The zero-order valence-corrected chi connectivity index (χ0v) is 15.2. The lowest BCUT2D eigenvalue weighted by molar-refractivity contribution is -0.274. The summed E-state index contributed by atoms with van der Waals surface area (Å²) in [6.07, 6.45) is -2.21. The fraction of sp³-hybridized carbons (Fsp3) is 0.222. The van der Waals surface area contributed by atoms with Crippen molar-refractivity contribution in [3.8, 4) is 11.7 Å². The largest absolute Gasteiger partial charge is 0.573 e. The predicted octanol–water partition coefficient (Wildman–Crippen LogP) is 3.74. The first-order valence-corrected chi connectivity index (χ1v) is 8.17. The first-order chi connectivity index (χ1) is 13.2. The maximum absolute atomic E-state index is 12.5. The van der Waals surface area contributed by atoms with E-state index in [0.29, 0.717) is 5.95 Å². The van der Waals surface area contributed by atoms with Gasteiger partial charge in [-0.1, -0.05) is 12.1 Å². The number of benzene rings is 1. The van der Waals surface area contributed by atoms with Gasteiger partial charge >= 0.3 is 6.36 Å². The second kappa shape index (κ2) is 7.29. The number of nitrogens with zero attached hydrogens (tertiary/aromatic N) is 4. The Bertz CT molecular complexity index is 1010. The lowest BCUT2D eigenvalue weighted by Gasteiger charge is -2.13. The van der Waals surface area contributed by atoms with Crippen molar-refractivity contribution in [2.45, 2.75) is 27.1 Å². The Morgan fingerprint density at radius 1 is 1.11 bits per heavy atom. The molecule has 0 fully saturated rings. The van der Waals surface area contributed by atoms with Crippen LogP contribution in [0.1, 0.15) is 27.3 Å². The van der Waals surface area contributed by atoms with Crippen LogP contribution in [0, 0.1) is 20.8 Å². The first kappa shape index (κ1) is 19.3. The molecule has 1 amide bonds. The Morgan fingerprint density at radius 3 is 2.32 bits per heavy atom. The zero-order valence-electron chi connectivity index (χ0n) is 15.2. The van der Waals surface area contributed by atoms with Gasteiger partial charge in [-0.05, 0) is 38.5 Å². The van der Waals surface area contributed by atoms with Crippen molar-refractivity contribution < 1.29 is 22.7 Å². The Labute approximate surface area is 158 Å². The number of ether oxygens (including phenoxy) is 1. The Hall–Kier alpha value is -3.43. The van der Waals surface area contributed by atoms with E-state index in [9.17, 15) is 18.0 Å². The Morgan fingerprint density at radius 2 is 1.75 bits per heavy atom. The molecule has 3 aromatic rings. The van der Waals surface area contributed by atoms with Crippen molar-refractivity contribution in [2.75, 3.05) is 5.32 Å². The summed E-state index contributed by atoms with van der Waals surface area (Å²) in [6, 6.07) is 5.06. The third-order valence-electron chi connectivity index (χ3n) is 4.10. The molecule has 0 unspecified atom stereocenters. The molecule has 7 nitrogen and oxygen atoms in total. The van der Waals surface area contributed by atoms with Gasteiger partial charge < -0.3 is 10.1 Å². The van der Waals surface area contributed by atoms with E-state index in [4.69, 9.17) is 0 Å². The number of hydrogen-bond donors (Lipinski definition) is 1. The Balaban J connectivity index is 1.80. The van der Waals surface area contributed by atoms with Gasteiger partial charge in [-0.15, -0.1) is 13.2 Å². The van der Waals surface area contributed by atoms with Gasteiger partial charge in [0.15, 0.2) is 0 Å². The van der Waals surface area contributed by atoms with Crippen molar-refractivity contribution in [1.82, 2.24) is 19.7 Å². The smallest absolute Gasteiger partial charge is 0.405 e. The molecule has 2 aromatic heterocycles. The highest BCUT2D eigenvalue weighted by molar-refractivity contribution is 6.06. The van der Waals surface area contributed by atoms with E-state index in [1.54, 1.807) is 4.68 Å². The van der Waals surface area contributed by atoms with Crippen LogP contribution in [0.15, 0.2) is 36.7 Å². The SMILES string of the molecule is Cc1nn(-c2ncc(NC(=O)c3ccccc3OC(F)(F)F)cn2)c(C)c1C. The van der Waals surface area contributed by atoms with E-state index in [-0.39, 0.29) is 11.3 Å². The van der Waals surface area contributed by atoms with Gasteiger partial charge in [0.2, 0.25) is 0 Å². The van der Waals surface area contributed by atoms with Crippen LogP contribution in [0.5, 0.6) is 5.75 Å². The van der Waals surface area contributed by atoms with Crippen LogP contribution < -0.4 is 10.1 Å². The van der Waals surface area contributed by atoms with Crippen molar-refractivity contribution in [3.05, 3.63) is 59.2 Å². The molecule has 0 spiro atoms. The molecule has 3 rings (SSSR count). The normalized spacial score (nSPS) is 11.4. The molecular formula is C18H16F3N5O2. The van der Waals surface area contributed by atoms with Crippen LogP contribution in [0.4, 0.5) is 18.9 Å². The van der Waals surface area contributed by atoms with E-state index in [0.717, 1.165) is 23.0 Å². The number of aromatic nitrogens is 4. The van der Waals surface area contributed by atoms with Crippen molar-refractivity contribution in [1.29, 1.82) is 0 Å². The molecule has 1 N–H and O–H groups in total.